The van der Waals surface area contributed by atoms with Gasteiger partial charge in [0.15, 0.2) is 0 Å². The molecule has 0 amide bonds. The van der Waals surface area contributed by atoms with Gasteiger partial charge in [-0.3, -0.25) is 9.59 Å². The largest absolute Gasteiger partial charge is 0.497 e. The molecular formula is C18H22O3S2. The SMILES string of the molecule is COc1ccc(/C(=C\C2SCCCS2)C(C(C)=O)C(C)=O)cc1. The van der Waals surface area contributed by atoms with Gasteiger partial charge in [0.25, 0.3) is 0 Å². The number of benzene rings is 1. The van der Waals surface area contributed by atoms with Gasteiger partial charge in [0.1, 0.15) is 23.2 Å². The van der Waals surface area contributed by atoms with E-state index in [0.717, 1.165) is 28.4 Å². The highest BCUT2D eigenvalue weighted by atomic mass is 32.2. The van der Waals surface area contributed by atoms with E-state index in [9.17, 15) is 9.59 Å². The summed E-state index contributed by atoms with van der Waals surface area (Å²) in [5.74, 6) is 2.10. The quantitative estimate of drug-likeness (QED) is 0.724. The number of ketones is 2. The van der Waals surface area contributed by atoms with Crippen LogP contribution >= 0.6 is 23.5 Å². The van der Waals surface area contributed by atoms with Crippen molar-refractivity contribution in [2.45, 2.75) is 24.9 Å². The van der Waals surface area contributed by atoms with Gasteiger partial charge in [-0.1, -0.05) is 18.2 Å². The Balaban J connectivity index is 2.41. The summed E-state index contributed by atoms with van der Waals surface area (Å²) in [6, 6.07) is 7.56. The first-order valence-corrected chi connectivity index (χ1v) is 9.73. The lowest BCUT2D eigenvalue weighted by Gasteiger charge is -2.22. The molecule has 1 aromatic carbocycles. The van der Waals surface area contributed by atoms with E-state index >= 15 is 0 Å². The number of hydrogen-bond donors (Lipinski definition) is 0. The van der Waals surface area contributed by atoms with Gasteiger partial charge in [0, 0.05) is 0 Å². The molecule has 0 spiro atoms. The minimum Gasteiger partial charge on any atom is -0.497 e. The average Bonchev–Trinajstić information content (AvgIpc) is 2.54. The van der Waals surface area contributed by atoms with Crippen molar-refractivity contribution in [2.24, 2.45) is 5.92 Å². The molecule has 124 valence electrons. The summed E-state index contributed by atoms with van der Waals surface area (Å²) >= 11 is 3.75. The molecule has 1 heterocycles. The maximum absolute atomic E-state index is 12.1. The van der Waals surface area contributed by atoms with E-state index in [0.29, 0.717) is 4.58 Å². The van der Waals surface area contributed by atoms with Crippen LogP contribution in [-0.4, -0.2) is 34.8 Å². The second-order valence-corrected chi connectivity index (χ2v) is 8.27. The van der Waals surface area contributed by atoms with Crippen molar-refractivity contribution in [3.05, 3.63) is 35.9 Å². The van der Waals surface area contributed by atoms with Gasteiger partial charge in [-0.15, -0.1) is 23.5 Å². The first kappa shape index (κ1) is 18.1. The smallest absolute Gasteiger partial charge is 0.144 e. The van der Waals surface area contributed by atoms with Crippen LogP contribution in [0.25, 0.3) is 5.57 Å². The lowest BCUT2D eigenvalue weighted by atomic mass is 9.86. The molecule has 1 fully saturated rings. The number of carbonyl (C=O) groups is 2. The van der Waals surface area contributed by atoms with E-state index < -0.39 is 5.92 Å². The Labute approximate surface area is 146 Å². The minimum atomic E-state index is -0.688. The molecule has 1 aromatic rings. The Bertz CT molecular complexity index is 573. The first-order valence-electron chi connectivity index (χ1n) is 7.63. The molecule has 0 saturated carbocycles. The monoisotopic (exact) mass is 350 g/mol. The van der Waals surface area contributed by atoms with E-state index in [1.807, 2.05) is 47.8 Å². The van der Waals surface area contributed by atoms with Crippen LogP contribution in [-0.2, 0) is 9.59 Å². The van der Waals surface area contributed by atoms with Crippen LogP contribution < -0.4 is 4.74 Å². The minimum absolute atomic E-state index is 0.106. The summed E-state index contributed by atoms with van der Waals surface area (Å²) in [5, 5.41) is 0. The second-order valence-electron chi connectivity index (χ2n) is 5.47. The zero-order chi connectivity index (χ0) is 16.8. The lowest BCUT2D eigenvalue weighted by molar-refractivity contribution is -0.127. The van der Waals surface area contributed by atoms with Gasteiger partial charge in [0.05, 0.1) is 11.7 Å². The van der Waals surface area contributed by atoms with Crippen molar-refractivity contribution >= 4 is 40.7 Å². The Hall–Kier alpha value is -1.20. The topological polar surface area (TPSA) is 43.4 Å². The highest BCUT2D eigenvalue weighted by Crippen LogP contribution is 2.36. The van der Waals surface area contributed by atoms with E-state index in [-0.39, 0.29) is 11.6 Å². The lowest BCUT2D eigenvalue weighted by Crippen LogP contribution is -2.22. The molecule has 0 N–H and O–H groups in total. The maximum atomic E-state index is 12.1. The zero-order valence-electron chi connectivity index (χ0n) is 13.7. The van der Waals surface area contributed by atoms with E-state index in [1.165, 1.54) is 20.3 Å². The molecule has 3 nitrogen and oxygen atoms in total. The van der Waals surface area contributed by atoms with E-state index in [4.69, 9.17) is 4.74 Å². The van der Waals surface area contributed by atoms with Crippen LogP contribution in [0.4, 0.5) is 0 Å². The summed E-state index contributed by atoms with van der Waals surface area (Å²) in [6.07, 6.45) is 3.31. The van der Waals surface area contributed by atoms with Crippen molar-refractivity contribution in [3.63, 3.8) is 0 Å². The predicted octanol–water partition coefficient (Wildman–Crippen LogP) is 4.07. The number of carbonyl (C=O) groups excluding carboxylic acids is 2. The molecule has 23 heavy (non-hydrogen) atoms. The highest BCUT2D eigenvalue weighted by molar-refractivity contribution is 8.17. The summed E-state index contributed by atoms with van der Waals surface area (Å²) < 4.78 is 5.49. The Kier molecular flexibility index (Phi) is 6.78. The molecule has 1 aliphatic rings. The third kappa shape index (κ3) is 4.88. The summed E-state index contributed by atoms with van der Waals surface area (Å²) in [7, 11) is 1.62. The molecule has 2 rings (SSSR count). The molecule has 1 saturated heterocycles. The highest BCUT2D eigenvalue weighted by Gasteiger charge is 2.27. The third-order valence-corrected chi connectivity index (χ3v) is 6.51. The van der Waals surface area contributed by atoms with Crippen molar-refractivity contribution in [2.75, 3.05) is 18.6 Å². The van der Waals surface area contributed by atoms with Gasteiger partial charge < -0.3 is 4.74 Å². The van der Waals surface area contributed by atoms with Gasteiger partial charge in [-0.25, -0.2) is 0 Å². The first-order chi connectivity index (χ1) is 11.0. The molecular weight excluding hydrogens is 328 g/mol. The van der Waals surface area contributed by atoms with Gasteiger partial charge >= 0.3 is 0 Å². The van der Waals surface area contributed by atoms with Crippen LogP contribution in [0.3, 0.4) is 0 Å². The normalized spacial score (nSPS) is 16.4. The fourth-order valence-corrected chi connectivity index (χ4v) is 5.33. The Morgan fingerprint density at radius 2 is 1.70 bits per heavy atom. The standard InChI is InChI=1S/C18H22O3S2/c1-12(19)18(13(2)20)16(11-17-22-9-4-10-23-17)14-5-7-15(21-3)8-6-14/h5-8,11,17-18H,4,9-10H2,1-3H3/b16-11+. The third-order valence-electron chi connectivity index (χ3n) is 3.72. The van der Waals surface area contributed by atoms with Crippen molar-refractivity contribution in [1.29, 1.82) is 0 Å². The van der Waals surface area contributed by atoms with Crippen LogP contribution in [0.15, 0.2) is 30.3 Å². The van der Waals surface area contributed by atoms with Gasteiger partial charge in [-0.2, -0.15) is 0 Å². The molecule has 1 aliphatic heterocycles. The predicted molar refractivity (Wildman–Crippen MR) is 99.1 cm³/mol. The van der Waals surface area contributed by atoms with Crippen LogP contribution in [0, 0.1) is 5.92 Å². The Morgan fingerprint density at radius 3 is 2.17 bits per heavy atom. The molecule has 0 aromatic heterocycles. The van der Waals surface area contributed by atoms with Gasteiger partial charge in [0.2, 0.25) is 0 Å². The van der Waals surface area contributed by atoms with Crippen LogP contribution in [0.1, 0.15) is 25.8 Å². The number of ether oxygens (including phenoxy) is 1. The number of Topliss-reactive ketones (excluding diaryl/α,β-unsaturated/α-hetero) is 2. The van der Waals surface area contributed by atoms with Crippen molar-refractivity contribution < 1.29 is 14.3 Å². The van der Waals surface area contributed by atoms with Crippen LogP contribution in [0.2, 0.25) is 0 Å². The molecule has 0 atom stereocenters. The molecule has 0 unspecified atom stereocenters. The summed E-state index contributed by atoms with van der Waals surface area (Å²) in [5.41, 5.74) is 1.73. The Morgan fingerprint density at radius 1 is 1.13 bits per heavy atom. The van der Waals surface area contributed by atoms with E-state index in [2.05, 4.69) is 6.08 Å². The number of allylic oxidation sites excluding steroid dienone is 1. The maximum Gasteiger partial charge on any atom is 0.144 e. The summed E-state index contributed by atoms with van der Waals surface area (Å²) in [6.45, 7) is 2.98. The molecule has 5 heteroatoms. The molecule has 0 bridgehead atoms. The van der Waals surface area contributed by atoms with E-state index in [1.54, 1.807) is 7.11 Å². The summed E-state index contributed by atoms with van der Waals surface area (Å²) in [4.78, 5) is 24.1. The number of rotatable bonds is 6. The number of methoxy groups -OCH3 is 1. The fraction of sp³-hybridized carbons (Fsp3) is 0.444. The average molecular weight is 351 g/mol. The molecule has 0 aliphatic carbocycles. The zero-order valence-corrected chi connectivity index (χ0v) is 15.3. The fourth-order valence-electron chi connectivity index (χ4n) is 2.62. The van der Waals surface area contributed by atoms with Gasteiger partial charge in [-0.05, 0) is 55.0 Å². The van der Waals surface area contributed by atoms with Crippen LogP contribution in [0.5, 0.6) is 5.75 Å². The number of thioether (sulfide) groups is 2. The second kappa shape index (κ2) is 8.60. The van der Waals surface area contributed by atoms with Crippen molar-refractivity contribution in [1.82, 2.24) is 0 Å². The number of hydrogen-bond acceptors (Lipinski definition) is 5. The van der Waals surface area contributed by atoms with Crippen molar-refractivity contribution in [3.8, 4) is 5.75 Å². The molecule has 0 radical (unpaired) electrons.